The van der Waals surface area contributed by atoms with Gasteiger partial charge in [0.25, 0.3) is 0 Å². The van der Waals surface area contributed by atoms with Crippen molar-refractivity contribution in [3.8, 4) is 0 Å². The van der Waals surface area contributed by atoms with E-state index in [9.17, 15) is 13.2 Å². The van der Waals surface area contributed by atoms with Gasteiger partial charge in [0.05, 0.1) is 10.5 Å². The highest BCUT2D eigenvalue weighted by Gasteiger charge is 2.28. The summed E-state index contributed by atoms with van der Waals surface area (Å²) in [5.74, 6) is -0.538. The van der Waals surface area contributed by atoms with Gasteiger partial charge in [-0.1, -0.05) is 34.1 Å². The molecule has 25 heavy (non-hydrogen) atoms. The van der Waals surface area contributed by atoms with Crippen LogP contribution in [0.4, 0.5) is 0 Å². The highest BCUT2D eigenvalue weighted by molar-refractivity contribution is 9.10. The monoisotopic (exact) mass is 423 g/mol. The second-order valence-corrected chi connectivity index (χ2v) is 8.70. The van der Waals surface area contributed by atoms with E-state index in [1.807, 2.05) is 24.3 Å². The summed E-state index contributed by atoms with van der Waals surface area (Å²) in [7, 11) is -3.60. The minimum atomic E-state index is -3.60. The standard InChI is InChI=1S/C18H18BrNO4S/c1-12-2-9-16(25(22,23)20-15-7-8-15)10-17(12)18(21)24-11-13-3-5-14(19)6-4-13/h2-6,9-10,15,20H,7-8,11H2,1H3. The maximum Gasteiger partial charge on any atom is 0.338 e. The molecule has 1 fully saturated rings. The van der Waals surface area contributed by atoms with E-state index < -0.39 is 16.0 Å². The molecule has 1 saturated carbocycles. The summed E-state index contributed by atoms with van der Waals surface area (Å²) >= 11 is 3.35. The molecule has 7 heteroatoms. The fourth-order valence-electron chi connectivity index (χ4n) is 2.28. The van der Waals surface area contributed by atoms with Crippen LogP contribution in [0.2, 0.25) is 0 Å². The Labute approximate surface area is 155 Å². The molecule has 132 valence electrons. The second kappa shape index (κ2) is 7.27. The highest BCUT2D eigenvalue weighted by atomic mass is 79.9. The van der Waals surface area contributed by atoms with Crippen molar-refractivity contribution in [1.29, 1.82) is 0 Å². The molecule has 0 aliphatic heterocycles. The van der Waals surface area contributed by atoms with Crippen molar-refractivity contribution in [3.05, 3.63) is 63.6 Å². The summed E-state index contributed by atoms with van der Waals surface area (Å²) in [6.45, 7) is 1.88. The number of carbonyl (C=O) groups is 1. The molecule has 0 atom stereocenters. The van der Waals surface area contributed by atoms with Crippen LogP contribution in [0.15, 0.2) is 51.8 Å². The molecule has 5 nitrogen and oxygen atoms in total. The van der Waals surface area contributed by atoms with E-state index in [1.54, 1.807) is 13.0 Å². The van der Waals surface area contributed by atoms with Crippen molar-refractivity contribution in [1.82, 2.24) is 4.72 Å². The number of sulfonamides is 1. The van der Waals surface area contributed by atoms with Gasteiger partial charge in [-0.15, -0.1) is 0 Å². The Balaban J connectivity index is 1.75. The van der Waals surface area contributed by atoms with Crippen LogP contribution in [0.3, 0.4) is 0 Å². The number of carbonyl (C=O) groups excluding carboxylic acids is 1. The third-order valence-electron chi connectivity index (χ3n) is 3.92. The third-order valence-corrected chi connectivity index (χ3v) is 5.97. The first-order valence-corrected chi connectivity index (χ1v) is 10.2. The van der Waals surface area contributed by atoms with E-state index in [2.05, 4.69) is 20.7 Å². The van der Waals surface area contributed by atoms with Gasteiger partial charge in [-0.05, 0) is 55.2 Å². The molecule has 3 rings (SSSR count). The first-order valence-electron chi connectivity index (χ1n) is 7.90. The Bertz CT molecular complexity index is 890. The molecule has 0 heterocycles. The Kier molecular flexibility index (Phi) is 5.27. The van der Waals surface area contributed by atoms with Crippen LogP contribution < -0.4 is 4.72 Å². The SMILES string of the molecule is Cc1ccc(S(=O)(=O)NC2CC2)cc1C(=O)OCc1ccc(Br)cc1. The summed E-state index contributed by atoms with van der Waals surface area (Å²) in [6, 6.07) is 12.0. The molecule has 0 spiro atoms. The van der Waals surface area contributed by atoms with Crippen molar-refractivity contribution in [2.75, 3.05) is 0 Å². The Morgan fingerprint density at radius 3 is 2.52 bits per heavy atom. The number of aryl methyl sites for hydroxylation is 1. The van der Waals surface area contributed by atoms with Crippen molar-refractivity contribution in [3.63, 3.8) is 0 Å². The molecule has 0 bridgehead atoms. The van der Waals surface area contributed by atoms with Crippen LogP contribution >= 0.6 is 15.9 Å². The summed E-state index contributed by atoms with van der Waals surface area (Å²) in [6.07, 6.45) is 1.71. The Morgan fingerprint density at radius 1 is 1.20 bits per heavy atom. The van der Waals surface area contributed by atoms with Crippen LogP contribution in [-0.4, -0.2) is 20.4 Å². The summed E-state index contributed by atoms with van der Waals surface area (Å²) < 4.78 is 33.5. The van der Waals surface area contributed by atoms with Crippen LogP contribution in [0, 0.1) is 6.92 Å². The van der Waals surface area contributed by atoms with E-state index >= 15 is 0 Å². The summed E-state index contributed by atoms with van der Waals surface area (Å²) in [4.78, 5) is 12.5. The minimum absolute atomic E-state index is 0.0131. The predicted octanol–water partition coefficient (Wildman–Crippen LogP) is 3.56. The largest absolute Gasteiger partial charge is 0.457 e. The van der Waals surface area contributed by atoms with Gasteiger partial charge in [-0.3, -0.25) is 0 Å². The fourth-order valence-corrected chi connectivity index (χ4v) is 3.88. The molecule has 0 amide bonds. The number of hydrogen-bond acceptors (Lipinski definition) is 4. The topological polar surface area (TPSA) is 72.5 Å². The lowest BCUT2D eigenvalue weighted by Gasteiger charge is -2.10. The molecule has 1 aliphatic carbocycles. The molecular weight excluding hydrogens is 406 g/mol. The quantitative estimate of drug-likeness (QED) is 0.720. The maximum absolute atomic E-state index is 12.4. The normalized spacial score (nSPS) is 14.3. The number of rotatable bonds is 6. The smallest absolute Gasteiger partial charge is 0.338 e. The van der Waals surface area contributed by atoms with E-state index in [0.29, 0.717) is 5.56 Å². The van der Waals surface area contributed by atoms with Crippen LogP contribution in [0.5, 0.6) is 0 Å². The fraction of sp³-hybridized carbons (Fsp3) is 0.278. The average Bonchev–Trinajstić information content (AvgIpc) is 3.37. The number of halogens is 1. The van der Waals surface area contributed by atoms with Crippen molar-refractivity contribution in [2.24, 2.45) is 0 Å². The van der Waals surface area contributed by atoms with Gasteiger partial charge in [-0.2, -0.15) is 0 Å². The third kappa shape index (κ3) is 4.68. The number of benzene rings is 2. The van der Waals surface area contributed by atoms with Gasteiger partial charge < -0.3 is 4.74 Å². The molecule has 1 N–H and O–H groups in total. The highest BCUT2D eigenvalue weighted by Crippen LogP contribution is 2.23. The average molecular weight is 424 g/mol. The van der Waals surface area contributed by atoms with Gasteiger partial charge in [0.2, 0.25) is 10.0 Å². The lowest BCUT2D eigenvalue weighted by atomic mass is 10.1. The molecule has 1 aliphatic rings. The maximum atomic E-state index is 12.4. The lowest BCUT2D eigenvalue weighted by molar-refractivity contribution is 0.0471. The lowest BCUT2D eigenvalue weighted by Crippen LogP contribution is -2.26. The second-order valence-electron chi connectivity index (χ2n) is 6.07. The van der Waals surface area contributed by atoms with Crippen LogP contribution in [-0.2, 0) is 21.4 Å². The Hall–Kier alpha value is -1.70. The molecule has 0 radical (unpaired) electrons. The Morgan fingerprint density at radius 2 is 1.88 bits per heavy atom. The zero-order valence-corrected chi connectivity index (χ0v) is 16.1. The van der Waals surface area contributed by atoms with E-state index in [1.165, 1.54) is 12.1 Å². The predicted molar refractivity (Wildman–Crippen MR) is 97.8 cm³/mol. The molecular formula is C18H18BrNO4S. The van der Waals surface area contributed by atoms with Gasteiger partial charge in [0.15, 0.2) is 0 Å². The summed E-state index contributed by atoms with van der Waals surface area (Å²) in [5, 5.41) is 0. The van der Waals surface area contributed by atoms with Gasteiger partial charge in [0, 0.05) is 10.5 Å². The number of nitrogens with one attached hydrogen (secondary N) is 1. The van der Waals surface area contributed by atoms with Gasteiger partial charge >= 0.3 is 5.97 Å². The minimum Gasteiger partial charge on any atom is -0.457 e. The zero-order chi connectivity index (χ0) is 18.0. The summed E-state index contributed by atoms with van der Waals surface area (Å²) in [5.41, 5.74) is 1.79. The van der Waals surface area contributed by atoms with Crippen LogP contribution in [0.1, 0.15) is 34.3 Å². The van der Waals surface area contributed by atoms with Crippen molar-refractivity contribution < 1.29 is 17.9 Å². The molecule has 0 aromatic heterocycles. The number of esters is 1. The van der Waals surface area contributed by atoms with Crippen molar-refractivity contribution >= 4 is 31.9 Å². The van der Waals surface area contributed by atoms with Gasteiger partial charge in [-0.25, -0.2) is 17.9 Å². The zero-order valence-electron chi connectivity index (χ0n) is 13.7. The van der Waals surface area contributed by atoms with E-state index in [-0.39, 0.29) is 23.1 Å². The van der Waals surface area contributed by atoms with E-state index in [4.69, 9.17) is 4.74 Å². The van der Waals surface area contributed by atoms with Crippen molar-refractivity contribution in [2.45, 2.75) is 37.3 Å². The molecule has 0 unspecified atom stereocenters. The first kappa shape index (κ1) is 18.1. The first-order chi connectivity index (χ1) is 11.8. The molecule has 2 aromatic rings. The van der Waals surface area contributed by atoms with Crippen LogP contribution in [0.25, 0.3) is 0 Å². The van der Waals surface area contributed by atoms with E-state index in [0.717, 1.165) is 22.9 Å². The number of ether oxygens (including phenoxy) is 1. The number of hydrogen-bond donors (Lipinski definition) is 1. The molecule has 2 aromatic carbocycles. The van der Waals surface area contributed by atoms with Gasteiger partial charge in [0.1, 0.15) is 6.61 Å². The molecule has 0 saturated heterocycles.